The van der Waals surface area contributed by atoms with E-state index in [2.05, 4.69) is 4.74 Å². The van der Waals surface area contributed by atoms with Crippen LogP contribution in [0.5, 0.6) is 0 Å². The standard InChI is InChI=1S/C12H13FO4S/c1-2-17-11(14)12(13)8-10(12)18(15,16)9-6-4-3-5-7-9/h3-7,10H,2,8H2,1H3. The van der Waals surface area contributed by atoms with Crippen molar-refractivity contribution in [2.45, 2.75) is 29.2 Å². The molecule has 0 N–H and O–H groups in total. The zero-order valence-corrected chi connectivity index (χ0v) is 10.6. The first-order valence-electron chi connectivity index (χ1n) is 5.58. The number of ether oxygens (including phenoxy) is 1. The molecule has 1 aromatic carbocycles. The summed E-state index contributed by atoms with van der Waals surface area (Å²) >= 11 is 0. The number of halogens is 1. The van der Waals surface area contributed by atoms with Gasteiger partial charge in [0.15, 0.2) is 9.84 Å². The molecule has 0 heterocycles. The van der Waals surface area contributed by atoms with E-state index in [4.69, 9.17) is 0 Å². The Balaban J connectivity index is 2.24. The molecule has 0 bridgehead atoms. The summed E-state index contributed by atoms with van der Waals surface area (Å²) in [4.78, 5) is 11.4. The van der Waals surface area contributed by atoms with E-state index in [1.165, 1.54) is 12.1 Å². The molecule has 0 radical (unpaired) electrons. The van der Waals surface area contributed by atoms with Gasteiger partial charge in [-0.3, -0.25) is 0 Å². The first-order valence-corrected chi connectivity index (χ1v) is 7.12. The monoisotopic (exact) mass is 272 g/mol. The van der Waals surface area contributed by atoms with Crippen LogP contribution in [-0.2, 0) is 19.4 Å². The van der Waals surface area contributed by atoms with Crippen LogP contribution in [0.15, 0.2) is 35.2 Å². The van der Waals surface area contributed by atoms with Crippen LogP contribution in [0.4, 0.5) is 4.39 Å². The first-order chi connectivity index (χ1) is 8.43. The van der Waals surface area contributed by atoms with Crippen molar-refractivity contribution in [3.05, 3.63) is 30.3 Å². The predicted octanol–water partition coefficient (Wildman–Crippen LogP) is 1.50. The van der Waals surface area contributed by atoms with Crippen LogP contribution in [0.1, 0.15) is 13.3 Å². The Morgan fingerprint density at radius 3 is 2.61 bits per heavy atom. The topological polar surface area (TPSA) is 60.4 Å². The third-order valence-corrected chi connectivity index (χ3v) is 5.11. The van der Waals surface area contributed by atoms with Crippen molar-refractivity contribution >= 4 is 15.8 Å². The van der Waals surface area contributed by atoms with E-state index >= 15 is 0 Å². The highest BCUT2D eigenvalue weighted by Gasteiger charge is 2.69. The van der Waals surface area contributed by atoms with E-state index < -0.39 is 26.7 Å². The summed E-state index contributed by atoms with van der Waals surface area (Å²) in [5, 5.41) is -1.33. The number of hydrogen-bond donors (Lipinski definition) is 0. The molecule has 0 saturated heterocycles. The first kappa shape index (κ1) is 13.0. The van der Waals surface area contributed by atoms with Crippen LogP contribution in [0.2, 0.25) is 0 Å². The van der Waals surface area contributed by atoms with E-state index in [9.17, 15) is 17.6 Å². The van der Waals surface area contributed by atoms with Crippen molar-refractivity contribution in [3.63, 3.8) is 0 Å². The summed E-state index contributed by atoms with van der Waals surface area (Å²) in [6.07, 6.45) is -0.330. The third kappa shape index (κ3) is 2.01. The van der Waals surface area contributed by atoms with Gasteiger partial charge in [-0.05, 0) is 19.1 Å². The normalized spacial score (nSPS) is 26.7. The molecule has 0 aromatic heterocycles. The number of esters is 1. The Morgan fingerprint density at radius 2 is 2.06 bits per heavy atom. The number of sulfone groups is 1. The van der Waals surface area contributed by atoms with Gasteiger partial charge in [0.05, 0.1) is 11.5 Å². The maximum Gasteiger partial charge on any atom is 0.345 e. The highest BCUT2D eigenvalue weighted by Crippen LogP contribution is 2.48. The van der Waals surface area contributed by atoms with E-state index in [1.54, 1.807) is 25.1 Å². The number of hydrogen-bond acceptors (Lipinski definition) is 4. The minimum absolute atomic E-state index is 0.0267. The lowest BCUT2D eigenvalue weighted by Gasteiger charge is -2.07. The molecular formula is C12H13FO4S. The van der Waals surface area contributed by atoms with E-state index in [0.717, 1.165) is 0 Å². The van der Waals surface area contributed by atoms with Crippen LogP contribution in [-0.4, -0.2) is 31.9 Å². The van der Waals surface area contributed by atoms with Gasteiger partial charge in [-0.1, -0.05) is 18.2 Å². The second-order valence-corrected chi connectivity index (χ2v) is 6.26. The second kappa shape index (κ2) is 4.35. The molecule has 0 aliphatic heterocycles. The Bertz CT molecular complexity index is 555. The Labute approximate surface area is 105 Å². The van der Waals surface area contributed by atoms with Gasteiger partial charge < -0.3 is 4.74 Å². The van der Waals surface area contributed by atoms with Crippen molar-refractivity contribution in [1.29, 1.82) is 0 Å². The van der Waals surface area contributed by atoms with Crippen molar-refractivity contribution < 1.29 is 22.3 Å². The number of rotatable bonds is 4. The molecule has 1 aliphatic carbocycles. The van der Waals surface area contributed by atoms with Gasteiger partial charge in [-0.15, -0.1) is 0 Å². The molecule has 1 aliphatic rings. The van der Waals surface area contributed by atoms with E-state index in [-0.39, 0.29) is 17.9 Å². The summed E-state index contributed by atoms with van der Waals surface area (Å²) in [5.41, 5.74) is -2.38. The lowest BCUT2D eigenvalue weighted by molar-refractivity contribution is -0.150. The maximum absolute atomic E-state index is 14.1. The number of carbonyl (C=O) groups is 1. The highest BCUT2D eigenvalue weighted by molar-refractivity contribution is 7.92. The minimum atomic E-state index is -3.81. The SMILES string of the molecule is CCOC(=O)C1(F)CC1S(=O)(=O)c1ccccc1. The molecule has 98 valence electrons. The lowest BCUT2D eigenvalue weighted by Crippen LogP contribution is -2.28. The van der Waals surface area contributed by atoms with Crippen LogP contribution < -0.4 is 0 Å². The third-order valence-electron chi connectivity index (χ3n) is 2.89. The molecule has 1 saturated carbocycles. The zero-order chi connectivity index (χ0) is 13.4. The average Bonchev–Trinajstić information content (AvgIpc) is 3.06. The molecule has 18 heavy (non-hydrogen) atoms. The van der Waals surface area contributed by atoms with Gasteiger partial charge >= 0.3 is 5.97 Å². The van der Waals surface area contributed by atoms with E-state index in [1.807, 2.05) is 0 Å². The van der Waals surface area contributed by atoms with Crippen LogP contribution >= 0.6 is 0 Å². The molecule has 1 fully saturated rings. The van der Waals surface area contributed by atoms with Crippen LogP contribution in [0, 0.1) is 0 Å². The molecule has 0 amide bonds. The van der Waals surface area contributed by atoms with Gasteiger partial charge in [0.1, 0.15) is 5.25 Å². The molecule has 6 heteroatoms. The predicted molar refractivity (Wildman–Crippen MR) is 62.5 cm³/mol. The van der Waals surface area contributed by atoms with Gasteiger partial charge in [-0.2, -0.15) is 0 Å². The van der Waals surface area contributed by atoms with Crippen molar-refractivity contribution in [2.24, 2.45) is 0 Å². The van der Waals surface area contributed by atoms with Crippen LogP contribution in [0.3, 0.4) is 0 Å². The van der Waals surface area contributed by atoms with Crippen molar-refractivity contribution in [1.82, 2.24) is 0 Å². The second-order valence-electron chi connectivity index (χ2n) is 4.13. The summed E-state index contributed by atoms with van der Waals surface area (Å²) < 4.78 is 42.8. The van der Waals surface area contributed by atoms with Gasteiger partial charge in [0, 0.05) is 6.42 Å². The average molecular weight is 272 g/mol. The largest absolute Gasteiger partial charge is 0.464 e. The minimum Gasteiger partial charge on any atom is -0.464 e. The Hall–Kier alpha value is -1.43. The molecule has 1 aromatic rings. The van der Waals surface area contributed by atoms with Gasteiger partial charge in [-0.25, -0.2) is 17.6 Å². The fourth-order valence-electron chi connectivity index (χ4n) is 1.81. The fraction of sp³-hybridized carbons (Fsp3) is 0.417. The lowest BCUT2D eigenvalue weighted by atomic mass is 10.4. The Kier molecular flexibility index (Phi) is 3.14. The number of benzene rings is 1. The van der Waals surface area contributed by atoms with Crippen LogP contribution in [0.25, 0.3) is 0 Å². The number of alkyl halides is 1. The fourth-order valence-corrected chi connectivity index (χ4v) is 3.72. The summed E-state index contributed by atoms with van der Waals surface area (Å²) in [6.45, 7) is 1.58. The van der Waals surface area contributed by atoms with E-state index in [0.29, 0.717) is 0 Å². The molecule has 4 nitrogen and oxygen atoms in total. The molecular weight excluding hydrogens is 259 g/mol. The molecule has 0 spiro atoms. The van der Waals surface area contributed by atoms with Crippen molar-refractivity contribution in [3.8, 4) is 0 Å². The summed E-state index contributed by atoms with van der Waals surface area (Å²) in [6, 6.07) is 7.55. The zero-order valence-electron chi connectivity index (χ0n) is 9.80. The van der Waals surface area contributed by atoms with Gasteiger partial charge in [0.25, 0.3) is 0 Å². The molecule has 2 atom stereocenters. The maximum atomic E-state index is 14.1. The smallest absolute Gasteiger partial charge is 0.345 e. The highest BCUT2D eigenvalue weighted by atomic mass is 32.2. The molecule has 2 rings (SSSR count). The number of carbonyl (C=O) groups excluding carboxylic acids is 1. The van der Waals surface area contributed by atoms with Crippen molar-refractivity contribution in [2.75, 3.05) is 6.61 Å². The molecule has 2 unspecified atom stereocenters. The van der Waals surface area contributed by atoms with Gasteiger partial charge in [0.2, 0.25) is 5.67 Å². The Morgan fingerprint density at radius 1 is 1.44 bits per heavy atom. The summed E-state index contributed by atoms with van der Waals surface area (Å²) in [7, 11) is -3.81. The quantitative estimate of drug-likeness (QED) is 0.779. The summed E-state index contributed by atoms with van der Waals surface area (Å²) in [5.74, 6) is -1.09.